The predicted octanol–water partition coefficient (Wildman–Crippen LogP) is 5.85. The number of amides is 1. The summed E-state index contributed by atoms with van der Waals surface area (Å²) < 4.78 is 36.2. The van der Waals surface area contributed by atoms with Crippen molar-refractivity contribution in [2.45, 2.75) is 144 Å². The Kier molecular flexibility index (Phi) is 15.5. The highest BCUT2D eigenvalue weighted by Crippen LogP contribution is 2.50. The number of carbonyl (C=O) groups excluding carboxylic acids is 6. The number of aliphatic hydroxyl groups is 2. The Balaban J connectivity index is 1.56. The predicted molar refractivity (Wildman–Crippen MR) is 240 cm³/mol. The van der Waals surface area contributed by atoms with Crippen molar-refractivity contribution in [2.24, 2.45) is 29.6 Å². The third kappa shape index (κ3) is 9.92. The number of ether oxygens (including phenoxy) is 6. The van der Waals surface area contributed by atoms with Gasteiger partial charge in [0.15, 0.2) is 0 Å². The van der Waals surface area contributed by atoms with Crippen molar-refractivity contribution in [3.63, 3.8) is 0 Å². The Hall–Kier alpha value is -5.16. The highest BCUT2D eigenvalue weighted by atomic mass is 16.7. The van der Waals surface area contributed by atoms with E-state index in [2.05, 4.69) is 5.32 Å². The van der Waals surface area contributed by atoms with Crippen LogP contribution in [0.15, 0.2) is 47.5 Å². The van der Waals surface area contributed by atoms with Gasteiger partial charge in [-0.15, -0.1) is 0 Å². The number of hydrogen-bond donors (Lipinski definition) is 3. The number of nitrogens with zero attached hydrogens (tertiary/aromatic N) is 1. The molecule has 16 nitrogen and oxygen atoms in total. The van der Waals surface area contributed by atoms with Crippen LogP contribution in [0.4, 0.5) is 0 Å². The standard InChI is InChI=1S/C50H66N2O14/c1-24-16-15-17-25(2)48(59)51-38-39(52-22-26(3)63-27(4)23-52)43(57)35-36(42(38)56)45(65-49(60)33-18-13-12-14-19-33)31(8)46-37(35)47(58)50(10,66-46)62-21-20-34(61-11)28(5)44(64-32(9)53)30(7)41(55)29(6)40(24)54/h15-17,20-21,24,26-30,33-34,40-41,44,54-55H,12-14,18-19,22-23H2,1-11H3,(H,51,59). The van der Waals surface area contributed by atoms with Gasteiger partial charge in [0.1, 0.15) is 29.0 Å². The molecule has 360 valence electrons. The quantitative estimate of drug-likeness (QED) is 0.234. The number of morpholine rings is 1. The van der Waals surface area contributed by atoms with Crippen molar-refractivity contribution in [2.75, 3.05) is 20.2 Å². The van der Waals surface area contributed by atoms with Crippen LogP contribution in [0.25, 0.3) is 0 Å². The van der Waals surface area contributed by atoms with E-state index in [1.54, 1.807) is 44.7 Å². The van der Waals surface area contributed by atoms with Crippen molar-refractivity contribution >= 4 is 35.2 Å². The third-order valence-electron chi connectivity index (χ3n) is 13.8. The molecule has 1 saturated heterocycles. The molecular formula is C50H66N2O14. The molecule has 1 aromatic carbocycles. The summed E-state index contributed by atoms with van der Waals surface area (Å²) in [5.41, 5.74) is -1.26. The van der Waals surface area contributed by atoms with Gasteiger partial charge in [-0.2, -0.15) is 0 Å². The molecule has 7 rings (SSSR count). The minimum Gasteiger partial charge on any atom is -0.462 e. The molecule has 4 aliphatic heterocycles. The number of esters is 2. The van der Waals surface area contributed by atoms with Gasteiger partial charge in [-0.25, -0.2) is 0 Å². The van der Waals surface area contributed by atoms with Crippen LogP contribution in [-0.2, 0) is 33.3 Å². The van der Waals surface area contributed by atoms with Crippen LogP contribution in [-0.4, -0.2) is 113 Å². The zero-order valence-electron chi connectivity index (χ0n) is 39.9. The van der Waals surface area contributed by atoms with Crippen LogP contribution in [0.2, 0.25) is 0 Å². The summed E-state index contributed by atoms with van der Waals surface area (Å²) in [6.45, 7) is 16.5. The number of nitrogens with one attached hydrogen (secondary N) is 1. The lowest BCUT2D eigenvalue weighted by Gasteiger charge is -2.39. The molecule has 2 aliphatic carbocycles. The van der Waals surface area contributed by atoms with E-state index in [1.807, 2.05) is 13.8 Å². The molecule has 1 saturated carbocycles. The Morgan fingerprint density at radius 1 is 0.848 bits per heavy atom. The fraction of sp³-hybridized carbons (Fsp3) is 0.600. The molecular weight excluding hydrogens is 853 g/mol. The van der Waals surface area contributed by atoms with E-state index >= 15 is 9.59 Å². The largest absolute Gasteiger partial charge is 0.462 e. The molecule has 16 heteroatoms. The molecule has 66 heavy (non-hydrogen) atoms. The maximum Gasteiger partial charge on any atom is 0.314 e. The highest BCUT2D eigenvalue weighted by Gasteiger charge is 2.54. The molecule has 0 radical (unpaired) electrons. The monoisotopic (exact) mass is 918 g/mol. The van der Waals surface area contributed by atoms with Gasteiger partial charge in [-0.1, -0.05) is 65.2 Å². The number of rotatable bonds is 5. The zero-order valence-corrected chi connectivity index (χ0v) is 39.9. The molecule has 11 unspecified atom stereocenters. The van der Waals surface area contributed by atoms with E-state index < -0.39 is 107 Å². The second kappa shape index (κ2) is 20.4. The summed E-state index contributed by atoms with van der Waals surface area (Å²) in [5.74, 6) is -9.92. The van der Waals surface area contributed by atoms with Crippen molar-refractivity contribution in [3.8, 4) is 11.5 Å². The summed E-state index contributed by atoms with van der Waals surface area (Å²) in [7, 11) is 1.43. The summed E-state index contributed by atoms with van der Waals surface area (Å²) in [6, 6.07) is 0. The minimum absolute atomic E-state index is 0.0962. The van der Waals surface area contributed by atoms with Gasteiger partial charge in [0, 0.05) is 68.9 Å². The number of carbonyl (C=O) groups is 6. The summed E-state index contributed by atoms with van der Waals surface area (Å²) in [4.78, 5) is 87.8. The number of benzene rings is 1. The van der Waals surface area contributed by atoms with E-state index in [9.17, 15) is 29.4 Å². The number of hydrogen-bond acceptors (Lipinski definition) is 15. The molecule has 4 heterocycles. The Morgan fingerprint density at radius 3 is 2.12 bits per heavy atom. The molecule has 1 aromatic rings. The summed E-state index contributed by atoms with van der Waals surface area (Å²) in [6.07, 6.45) is 6.37. The molecule has 5 bridgehead atoms. The van der Waals surface area contributed by atoms with Gasteiger partial charge >= 0.3 is 17.7 Å². The molecule has 3 N–H and O–H groups in total. The Bertz CT molecular complexity index is 2230. The lowest BCUT2D eigenvalue weighted by atomic mass is 9.78. The number of Topliss-reactive ketones (excluding diaryl/α,β-unsaturated/α-hetero) is 3. The van der Waals surface area contributed by atoms with Crippen LogP contribution in [0.3, 0.4) is 0 Å². The van der Waals surface area contributed by atoms with Gasteiger partial charge in [0.2, 0.25) is 11.6 Å². The molecule has 0 aromatic heterocycles. The van der Waals surface area contributed by atoms with Crippen LogP contribution < -0.4 is 14.8 Å². The first-order valence-corrected chi connectivity index (χ1v) is 23.1. The molecule has 6 aliphatic rings. The summed E-state index contributed by atoms with van der Waals surface area (Å²) >= 11 is 0. The molecule has 1 amide bonds. The van der Waals surface area contributed by atoms with Gasteiger partial charge in [-0.05, 0) is 46.6 Å². The maximum atomic E-state index is 15.4. The molecule has 11 atom stereocenters. The highest BCUT2D eigenvalue weighted by molar-refractivity contribution is 6.32. The second-order valence-electron chi connectivity index (χ2n) is 18.9. The molecule has 0 spiro atoms. The topological polar surface area (TPSA) is 214 Å². The van der Waals surface area contributed by atoms with Crippen LogP contribution in [0, 0.1) is 36.5 Å². The molecule has 2 fully saturated rings. The van der Waals surface area contributed by atoms with Gasteiger partial charge in [-0.3, -0.25) is 28.8 Å². The Labute approximate surface area is 386 Å². The first kappa shape index (κ1) is 50.3. The van der Waals surface area contributed by atoms with Crippen molar-refractivity contribution in [1.29, 1.82) is 0 Å². The second-order valence-corrected chi connectivity index (χ2v) is 18.9. The van der Waals surface area contributed by atoms with E-state index in [0.717, 1.165) is 19.3 Å². The third-order valence-corrected chi connectivity index (χ3v) is 13.8. The van der Waals surface area contributed by atoms with Crippen molar-refractivity contribution in [1.82, 2.24) is 10.2 Å². The number of fused-ring (bicyclic) bond motifs is 14. The average molecular weight is 919 g/mol. The Morgan fingerprint density at radius 2 is 1.50 bits per heavy atom. The SMILES string of the molecule is COC1C=COC2(C)Oc3c(C)c(OC(=O)C4CCCCC4)c4c(c3C2=O)C(=O)C(N2CC(C)OC(C)C2)=C(NC(=O)C(C)=CC=CC(C)C(O)C(C)C(O)C(C)C(OC(C)=O)C1C)C4=O. The zero-order chi connectivity index (χ0) is 48.5. The van der Waals surface area contributed by atoms with E-state index in [4.69, 9.17) is 28.4 Å². The van der Waals surface area contributed by atoms with Gasteiger partial charge in [0.25, 0.3) is 11.7 Å². The first-order valence-electron chi connectivity index (χ1n) is 23.1. The lowest BCUT2D eigenvalue weighted by molar-refractivity contribution is -0.160. The number of methoxy groups -OCH3 is 1. The fourth-order valence-electron chi connectivity index (χ4n) is 9.97. The fourth-order valence-corrected chi connectivity index (χ4v) is 9.97. The van der Waals surface area contributed by atoms with E-state index in [0.29, 0.717) is 12.8 Å². The van der Waals surface area contributed by atoms with Crippen molar-refractivity contribution < 1.29 is 67.4 Å². The van der Waals surface area contributed by atoms with E-state index in [1.165, 1.54) is 53.2 Å². The average Bonchev–Trinajstić information content (AvgIpc) is 3.54. The number of ketones is 3. The first-order chi connectivity index (χ1) is 31.1. The number of aliphatic hydroxyl groups excluding tert-OH is 2. The minimum atomic E-state index is -2.13. The lowest BCUT2D eigenvalue weighted by Crippen LogP contribution is -2.49. The van der Waals surface area contributed by atoms with Gasteiger partial charge < -0.3 is 48.9 Å². The normalized spacial score (nSPS) is 32.7. The van der Waals surface area contributed by atoms with Crippen LogP contribution >= 0.6 is 0 Å². The smallest absolute Gasteiger partial charge is 0.314 e. The van der Waals surface area contributed by atoms with E-state index in [-0.39, 0.29) is 63.8 Å². The van der Waals surface area contributed by atoms with Gasteiger partial charge in [0.05, 0.1) is 59.4 Å². The summed E-state index contributed by atoms with van der Waals surface area (Å²) in [5, 5.41) is 25.8. The number of allylic oxidation sites excluding steroid dienone is 4. The van der Waals surface area contributed by atoms with Crippen LogP contribution in [0.1, 0.15) is 131 Å². The van der Waals surface area contributed by atoms with Crippen molar-refractivity contribution in [3.05, 3.63) is 69.8 Å². The van der Waals surface area contributed by atoms with Crippen LogP contribution in [0.5, 0.6) is 11.5 Å². The maximum absolute atomic E-state index is 15.4.